The summed E-state index contributed by atoms with van der Waals surface area (Å²) in [4.78, 5) is 0. The molecule has 3 nitrogen and oxygen atoms in total. The molecule has 4 N–H and O–H groups in total. The Balaban J connectivity index is 1.49. The fourth-order valence-corrected chi connectivity index (χ4v) is 3.31. The van der Waals surface area contributed by atoms with Crippen molar-refractivity contribution in [2.75, 3.05) is 5.73 Å². The van der Waals surface area contributed by atoms with Crippen molar-refractivity contribution in [2.24, 2.45) is 0 Å². The summed E-state index contributed by atoms with van der Waals surface area (Å²) >= 11 is 0. The number of anilines is 1. The van der Waals surface area contributed by atoms with E-state index in [0.717, 1.165) is 12.1 Å². The van der Waals surface area contributed by atoms with Gasteiger partial charge in [-0.3, -0.25) is 0 Å². The first-order valence-corrected chi connectivity index (χ1v) is 8.31. The van der Waals surface area contributed by atoms with Gasteiger partial charge in [0.1, 0.15) is 0 Å². The molecule has 1 aliphatic heterocycles. The van der Waals surface area contributed by atoms with Crippen molar-refractivity contribution >= 4 is 5.69 Å². The van der Waals surface area contributed by atoms with Gasteiger partial charge in [-0.15, -0.1) is 0 Å². The summed E-state index contributed by atoms with van der Waals surface area (Å²) < 4.78 is 0. The molecule has 2 unspecified atom stereocenters. The molecule has 0 aromatic heterocycles. The van der Waals surface area contributed by atoms with Crippen LogP contribution in [0.25, 0.3) is 11.1 Å². The molecule has 0 bridgehead atoms. The van der Waals surface area contributed by atoms with Crippen LogP contribution in [0.3, 0.4) is 0 Å². The summed E-state index contributed by atoms with van der Waals surface area (Å²) in [6.45, 7) is 0. The Bertz CT molecular complexity index is 812. The van der Waals surface area contributed by atoms with E-state index < -0.39 is 0 Å². The highest BCUT2D eigenvalue weighted by Gasteiger charge is 2.26. The summed E-state index contributed by atoms with van der Waals surface area (Å²) in [5.41, 5.74) is 18.5. The fraction of sp³-hybridized carbons (Fsp3) is 0.143. The summed E-state index contributed by atoms with van der Waals surface area (Å²) in [5.74, 6) is 0. The van der Waals surface area contributed by atoms with Crippen molar-refractivity contribution in [3.63, 3.8) is 0 Å². The predicted octanol–water partition coefficient (Wildman–Crippen LogP) is 4.22. The average molecular weight is 315 g/mol. The van der Waals surface area contributed by atoms with E-state index in [1.54, 1.807) is 0 Å². The van der Waals surface area contributed by atoms with E-state index in [4.69, 9.17) is 5.73 Å². The molecule has 2 atom stereocenters. The molecular formula is C21H21N3. The quantitative estimate of drug-likeness (QED) is 0.634. The van der Waals surface area contributed by atoms with Crippen LogP contribution in [0.5, 0.6) is 0 Å². The molecule has 1 heterocycles. The van der Waals surface area contributed by atoms with E-state index in [9.17, 15) is 0 Å². The van der Waals surface area contributed by atoms with Gasteiger partial charge in [0.05, 0.1) is 0 Å². The maximum atomic E-state index is 5.90. The van der Waals surface area contributed by atoms with Crippen LogP contribution in [0.2, 0.25) is 0 Å². The smallest absolute Gasteiger partial charge is 0.0482 e. The van der Waals surface area contributed by atoms with Gasteiger partial charge < -0.3 is 5.73 Å². The van der Waals surface area contributed by atoms with E-state index >= 15 is 0 Å². The van der Waals surface area contributed by atoms with Crippen LogP contribution in [0.4, 0.5) is 5.69 Å². The lowest BCUT2D eigenvalue weighted by molar-refractivity contribution is 0.555. The van der Waals surface area contributed by atoms with Crippen molar-refractivity contribution in [1.82, 2.24) is 10.9 Å². The van der Waals surface area contributed by atoms with E-state index in [0.29, 0.717) is 6.04 Å². The van der Waals surface area contributed by atoms with Crippen LogP contribution in [0.15, 0.2) is 78.9 Å². The number of benzene rings is 3. The van der Waals surface area contributed by atoms with E-state index in [2.05, 4.69) is 65.4 Å². The lowest BCUT2D eigenvalue weighted by Crippen LogP contribution is -2.26. The third kappa shape index (κ3) is 3.04. The Labute approximate surface area is 142 Å². The molecule has 4 rings (SSSR count). The number of hydrazine groups is 1. The summed E-state index contributed by atoms with van der Waals surface area (Å²) in [6.07, 6.45) is 1.01. The number of nitrogens with two attached hydrogens (primary N) is 1. The van der Waals surface area contributed by atoms with Gasteiger partial charge >= 0.3 is 0 Å². The van der Waals surface area contributed by atoms with Gasteiger partial charge in [-0.05, 0) is 40.8 Å². The normalized spacial score (nSPS) is 20.2. The molecule has 0 aliphatic carbocycles. The van der Waals surface area contributed by atoms with Gasteiger partial charge in [0.15, 0.2) is 0 Å². The minimum Gasteiger partial charge on any atom is -0.399 e. The second-order valence-corrected chi connectivity index (χ2v) is 6.29. The number of hydrogen-bond acceptors (Lipinski definition) is 3. The van der Waals surface area contributed by atoms with Crippen molar-refractivity contribution in [3.8, 4) is 11.1 Å². The van der Waals surface area contributed by atoms with Crippen LogP contribution in [-0.4, -0.2) is 0 Å². The SMILES string of the molecule is Nc1cccc(C2CC(c3ccc(-c4ccccc4)cc3)NN2)c1. The first-order valence-electron chi connectivity index (χ1n) is 8.31. The highest BCUT2D eigenvalue weighted by atomic mass is 15.4. The number of rotatable bonds is 3. The number of hydrogen-bond donors (Lipinski definition) is 3. The molecule has 0 saturated carbocycles. The molecule has 3 aromatic carbocycles. The van der Waals surface area contributed by atoms with Crippen LogP contribution in [0, 0.1) is 0 Å². The zero-order valence-corrected chi connectivity index (χ0v) is 13.4. The van der Waals surface area contributed by atoms with Gasteiger partial charge in [0.25, 0.3) is 0 Å². The largest absolute Gasteiger partial charge is 0.399 e. The van der Waals surface area contributed by atoms with Crippen molar-refractivity contribution in [2.45, 2.75) is 18.5 Å². The molecule has 3 heteroatoms. The van der Waals surface area contributed by atoms with Crippen molar-refractivity contribution in [3.05, 3.63) is 90.0 Å². The Kier molecular flexibility index (Phi) is 4.03. The monoisotopic (exact) mass is 315 g/mol. The second-order valence-electron chi connectivity index (χ2n) is 6.29. The molecule has 24 heavy (non-hydrogen) atoms. The Morgan fingerprint density at radius 1 is 0.667 bits per heavy atom. The van der Waals surface area contributed by atoms with E-state index in [1.165, 1.54) is 22.3 Å². The van der Waals surface area contributed by atoms with Gasteiger partial charge in [0, 0.05) is 17.8 Å². The third-order valence-electron chi connectivity index (χ3n) is 4.64. The highest BCUT2D eigenvalue weighted by Crippen LogP contribution is 2.32. The van der Waals surface area contributed by atoms with Gasteiger partial charge in [-0.2, -0.15) is 0 Å². The Hall–Kier alpha value is -2.62. The van der Waals surface area contributed by atoms with E-state index in [1.807, 2.05) is 24.3 Å². The molecule has 120 valence electrons. The van der Waals surface area contributed by atoms with E-state index in [-0.39, 0.29) is 6.04 Å². The third-order valence-corrected chi connectivity index (χ3v) is 4.64. The fourth-order valence-electron chi connectivity index (χ4n) is 3.31. The zero-order chi connectivity index (χ0) is 16.4. The average Bonchev–Trinajstić information content (AvgIpc) is 3.13. The van der Waals surface area contributed by atoms with Gasteiger partial charge in [-0.25, -0.2) is 10.9 Å². The summed E-state index contributed by atoms with van der Waals surface area (Å²) in [7, 11) is 0. The Morgan fingerprint density at radius 3 is 2.04 bits per heavy atom. The topological polar surface area (TPSA) is 50.1 Å². The van der Waals surface area contributed by atoms with Gasteiger partial charge in [0.2, 0.25) is 0 Å². The van der Waals surface area contributed by atoms with Crippen LogP contribution < -0.4 is 16.6 Å². The van der Waals surface area contributed by atoms with Crippen LogP contribution in [-0.2, 0) is 0 Å². The molecular weight excluding hydrogens is 294 g/mol. The second kappa shape index (κ2) is 6.48. The molecule has 0 radical (unpaired) electrons. The van der Waals surface area contributed by atoms with Gasteiger partial charge in [-0.1, -0.05) is 66.7 Å². The predicted molar refractivity (Wildman–Crippen MR) is 99.1 cm³/mol. The summed E-state index contributed by atoms with van der Waals surface area (Å²) in [6, 6.07) is 28.0. The lowest BCUT2D eigenvalue weighted by Gasteiger charge is -2.11. The van der Waals surface area contributed by atoms with Crippen molar-refractivity contribution in [1.29, 1.82) is 0 Å². The molecule has 0 spiro atoms. The first kappa shape index (κ1) is 14.9. The first-order chi connectivity index (χ1) is 11.8. The zero-order valence-electron chi connectivity index (χ0n) is 13.4. The minimum atomic E-state index is 0.285. The summed E-state index contributed by atoms with van der Waals surface area (Å²) in [5, 5.41) is 0. The molecule has 1 aliphatic rings. The maximum absolute atomic E-state index is 5.90. The molecule has 1 saturated heterocycles. The van der Waals surface area contributed by atoms with Crippen molar-refractivity contribution < 1.29 is 0 Å². The Morgan fingerprint density at radius 2 is 1.33 bits per heavy atom. The molecule has 0 amide bonds. The molecule has 3 aromatic rings. The maximum Gasteiger partial charge on any atom is 0.0482 e. The lowest BCUT2D eigenvalue weighted by atomic mass is 9.96. The minimum absolute atomic E-state index is 0.285. The van der Waals surface area contributed by atoms with Crippen LogP contribution in [0.1, 0.15) is 29.6 Å². The van der Waals surface area contributed by atoms with Crippen LogP contribution >= 0.6 is 0 Å². The standard InChI is InChI=1S/C21H21N3/c22-19-8-4-7-18(13-19)21-14-20(23-24-21)17-11-9-16(10-12-17)15-5-2-1-3-6-15/h1-13,20-21,23-24H,14,22H2. The number of nitrogen functional groups attached to an aromatic ring is 1. The highest BCUT2D eigenvalue weighted by molar-refractivity contribution is 5.63. The molecule has 1 fully saturated rings. The number of nitrogens with one attached hydrogen (secondary N) is 2.